The number of hydrogen-bond donors (Lipinski definition) is 3. The second-order valence-corrected chi connectivity index (χ2v) is 16.1. The molecule has 3 saturated heterocycles. The number of nitriles is 1. The minimum Gasteiger partial charge on any atom is -0.377 e. The molecule has 59 heavy (non-hydrogen) atoms. The van der Waals surface area contributed by atoms with Gasteiger partial charge >= 0.3 is 12.4 Å². The smallest absolute Gasteiger partial charge is 0.377 e. The molecular formula is C39H46ClF6N7O5S. The average Bonchev–Trinajstić information content (AvgIpc) is 3.33. The van der Waals surface area contributed by atoms with Crippen LogP contribution in [0.25, 0.3) is 0 Å². The molecule has 2 N–H and O–H groups in total. The number of benzene rings is 2. The third kappa shape index (κ3) is 10.3. The Balaban J connectivity index is 0.00000661. The second kappa shape index (κ2) is 18.4. The number of thiol groups is 1. The highest BCUT2D eigenvalue weighted by atomic mass is 35.5. The Morgan fingerprint density at radius 2 is 1.68 bits per heavy atom. The van der Waals surface area contributed by atoms with Crippen molar-refractivity contribution in [1.29, 1.82) is 5.26 Å². The van der Waals surface area contributed by atoms with E-state index in [1.165, 1.54) is 11.0 Å². The Morgan fingerprint density at radius 1 is 1.00 bits per heavy atom. The van der Waals surface area contributed by atoms with Crippen molar-refractivity contribution < 1.29 is 50.3 Å². The number of rotatable bonds is 10. The average molecular weight is 874 g/mol. The van der Waals surface area contributed by atoms with Gasteiger partial charge in [0.1, 0.15) is 11.5 Å². The molecule has 2 aromatic rings. The van der Waals surface area contributed by atoms with Gasteiger partial charge in [0.2, 0.25) is 23.6 Å². The molecule has 12 nitrogen and oxygen atoms in total. The predicted octanol–water partition coefficient (Wildman–Crippen LogP) is 5.67. The first-order valence-corrected chi connectivity index (χ1v) is 19.6. The van der Waals surface area contributed by atoms with Crippen LogP contribution in [0.2, 0.25) is 0 Å². The third-order valence-corrected chi connectivity index (χ3v) is 12.0. The number of hydrogen-bond acceptors (Lipinski definition) is 10. The molecule has 0 bridgehead atoms. The van der Waals surface area contributed by atoms with Crippen LogP contribution < -0.4 is 15.5 Å². The second-order valence-electron chi connectivity index (χ2n) is 15.6. The molecule has 3 atom stereocenters. The van der Waals surface area contributed by atoms with Gasteiger partial charge in [0, 0.05) is 50.0 Å². The SMILES string of the molecule is CC1(C)C(=O)N(c2ccc(C#N)c(C(F)(F)F)c2)[C@H](S)N1C1CCC(OCCN2CCN(CC(=O)Nc3ccc(C4CCC(=O)NC4=O)cc3)[C@@H](C(F)(F)F)C2)CC1.Cl. The van der Waals surface area contributed by atoms with Crippen LogP contribution in [0, 0.1) is 11.3 Å². The number of piperazine rings is 1. The van der Waals surface area contributed by atoms with E-state index >= 15 is 0 Å². The van der Waals surface area contributed by atoms with E-state index in [0.717, 1.165) is 17.0 Å². The maximum Gasteiger partial charge on any atom is 0.417 e. The quantitative estimate of drug-likeness (QED) is 0.157. The van der Waals surface area contributed by atoms with Crippen LogP contribution in [-0.4, -0.2) is 113 Å². The zero-order valence-corrected chi connectivity index (χ0v) is 34.0. The number of carbonyl (C=O) groups is 4. The van der Waals surface area contributed by atoms with Crippen LogP contribution >= 0.6 is 25.0 Å². The van der Waals surface area contributed by atoms with E-state index in [-0.39, 0.29) is 75.4 Å². The number of amides is 4. The zero-order chi connectivity index (χ0) is 42.2. The Kier molecular flexibility index (Phi) is 14.4. The fraction of sp³-hybridized carbons (Fsp3) is 0.564. The van der Waals surface area contributed by atoms with Crippen LogP contribution in [0.4, 0.5) is 37.7 Å². The van der Waals surface area contributed by atoms with Gasteiger partial charge in [0.15, 0.2) is 0 Å². The molecule has 3 aliphatic heterocycles. The molecular weight excluding hydrogens is 828 g/mol. The van der Waals surface area contributed by atoms with E-state index in [0.29, 0.717) is 43.4 Å². The lowest BCUT2D eigenvalue weighted by Gasteiger charge is -2.42. The summed E-state index contributed by atoms with van der Waals surface area (Å²) in [5.41, 5.74) is -2.65. The Bertz CT molecular complexity index is 1920. The highest BCUT2D eigenvalue weighted by Crippen LogP contribution is 2.43. The lowest BCUT2D eigenvalue weighted by atomic mass is 9.89. The van der Waals surface area contributed by atoms with E-state index in [2.05, 4.69) is 10.6 Å². The maximum absolute atomic E-state index is 14.2. The maximum atomic E-state index is 14.2. The number of halogens is 7. The fourth-order valence-corrected chi connectivity index (χ4v) is 9.16. The first kappa shape index (κ1) is 46.1. The minimum absolute atomic E-state index is 0. The molecule has 1 unspecified atom stereocenters. The molecule has 0 spiro atoms. The number of imide groups is 1. The van der Waals surface area contributed by atoms with Gasteiger partial charge in [-0.25, -0.2) is 0 Å². The van der Waals surface area contributed by atoms with Crippen molar-refractivity contribution in [2.24, 2.45) is 0 Å². The number of carbonyl (C=O) groups excluding carboxylic acids is 4. The number of nitrogens with zero attached hydrogens (tertiary/aromatic N) is 5. The topological polar surface area (TPSA) is 138 Å². The summed E-state index contributed by atoms with van der Waals surface area (Å²) in [5.74, 6) is -2.28. The molecule has 322 valence electrons. The molecule has 2 aromatic carbocycles. The van der Waals surface area contributed by atoms with Crippen molar-refractivity contribution >= 4 is 60.0 Å². The summed E-state index contributed by atoms with van der Waals surface area (Å²) in [6.45, 7) is 3.31. The number of piperidine rings is 1. The predicted molar refractivity (Wildman–Crippen MR) is 210 cm³/mol. The van der Waals surface area contributed by atoms with E-state index in [4.69, 9.17) is 17.4 Å². The van der Waals surface area contributed by atoms with Gasteiger partial charge in [-0.1, -0.05) is 12.1 Å². The Hall–Kier alpha value is -3.93. The summed E-state index contributed by atoms with van der Waals surface area (Å²) < 4.78 is 90.0. The molecule has 0 radical (unpaired) electrons. The fourth-order valence-electron chi connectivity index (χ4n) is 8.45. The minimum atomic E-state index is -4.80. The molecule has 0 aromatic heterocycles. The van der Waals surface area contributed by atoms with Gasteiger partial charge in [-0.2, -0.15) is 31.6 Å². The number of alkyl halides is 6. The Labute approximate surface area is 349 Å². The van der Waals surface area contributed by atoms with Gasteiger partial charge in [-0.3, -0.25) is 44.1 Å². The van der Waals surface area contributed by atoms with Crippen LogP contribution in [0.5, 0.6) is 0 Å². The first-order chi connectivity index (χ1) is 27.3. The van der Waals surface area contributed by atoms with Crippen LogP contribution in [0.1, 0.15) is 75.0 Å². The molecule has 4 fully saturated rings. The molecule has 20 heteroatoms. The lowest BCUT2D eigenvalue weighted by molar-refractivity contribution is -0.197. The van der Waals surface area contributed by atoms with Gasteiger partial charge in [-0.15, -0.1) is 25.0 Å². The first-order valence-electron chi connectivity index (χ1n) is 19.1. The number of anilines is 2. The Morgan fingerprint density at radius 3 is 2.29 bits per heavy atom. The third-order valence-electron chi connectivity index (χ3n) is 11.5. The molecule has 1 saturated carbocycles. The number of ether oxygens (including phenoxy) is 1. The van der Waals surface area contributed by atoms with Crippen LogP contribution in [0.15, 0.2) is 42.5 Å². The van der Waals surface area contributed by atoms with Gasteiger partial charge in [0.05, 0.1) is 47.9 Å². The summed E-state index contributed by atoms with van der Waals surface area (Å²) in [6.07, 6.45) is -6.62. The molecule has 6 rings (SSSR count). The summed E-state index contributed by atoms with van der Waals surface area (Å²) in [5, 5.41) is 14.1. The van der Waals surface area contributed by atoms with E-state index in [9.17, 15) is 50.8 Å². The molecule has 4 aliphatic rings. The lowest BCUT2D eigenvalue weighted by Crippen LogP contribution is -2.60. The largest absolute Gasteiger partial charge is 0.417 e. The zero-order valence-electron chi connectivity index (χ0n) is 32.3. The van der Waals surface area contributed by atoms with E-state index in [1.807, 2.05) is 4.90 Å². The van der Waals surface area contributed by atoms with Crippen molar-refractivity contribution in [3.05, 3.63) is 59.2 Å². The van der Waals surface area contributed by atoms with Gasteiger partial charge < -0.3 is 10.1 Å². The number of nitrogens with one attached hydrogen (secondary N) is 2. The highest BCUT2D eigenvalue weighted by molar-refractivity contribution is 7.81. The normalized spacial score (nSPS) is 25.9. The van der Waals surface area contributed by atoms with Crippen LogP contribution in [0.3, 0.4) is 0 Å². The summed E-state index contributed by atoms with van der Waals surface area (Å²) in [6, 6.07) is 9.10. The molecule has 4 amide bonds. The summed E-state index contributed by atoms with van der Waals surface area (Å²) in [4.78, 5) is 56.0. The van der Waals surface area contributed by atoms with Crippen LogP contribution in [-0.2, 0) is 30.1 Å². The van der Waals surface area contributed by atoms with Crippen molar-refractivity contribution in [2.75, 3.05) is 49.5 Å². The highest BCUT2D eigenvalue weighted by Gasteiger charge is 2.54. The van der Waals surface area contributed by atoms with E-state index < -0.39 is 70.7 Å². The van der Waals surface area contributed by atoms with Crippen molar-refractivity contribution in [3.8, 4) is 6.07 Å². The van der Waals surface area contributed by atoms with Crippen molar-refractivity contribution in [2.45, 2.75) is 99.9 Å². The molecule has 3 heterocycles. The monoisotopic (exact) mass is 873 g/mol. The molecule has 1 aliphatic carbocycles. The van der Waals surface area contributed by atoms with Crippen molar-refractivity contribution in [1.82, 2.24) is 20.0 Å². The standard InChI is InChI=1S/C39H45F6N7O5S.ClH/c1-37(2)35(56)51(27-8-5-24(20-46)30(19-27)38(40,41)42)36(58)52(37)26-9-11-28(12-10-26)57-18-17-49-15-16-50(31(21-49)39(43,44)45)22-33(54)47-25-6-3-23(4-7-25)29-13-14-32(53)48-34(29)55;/h3-8,19,26,28-29,31,36,58H,9-18,21-22H2,1-2H3,(H,47,54)(H,48,53,55);1H/t26?,28?,29?,31-,36+;/m1./s1. The van der Waals surface area contributed by atoms with Crippen molar-refractivity contribution in [3.63, 3.8) is 0 Å². The summed E-state index contributed by atoms with van der Waals surface area (Å²) >= 11 is 4.69. The van der Waals surface area contributed by atoms with E-state index in [1.54, 1.807) is 49.1 Å². The van der Waals surface area contributed by atoms with Gasteiger partial charge in [0.25, 0.3) is 0 Å². The van der Waals surface area contributed by atoms with Gasteiger partial charge in [-0.05, 0) is 81.8 Å². The summed E-state index contributed by atoms with van der Waals surface area (Å²) in [7, 11) is 0.